The van der Waals surface area contributed by atoms with Crippen molar-refractivity contribution in [2.24, 2.45) is 0 Å². The molecule has 2 aromatic carbocycles. The molecule has 0 fully saturated rings. The largest absolute Gasteiger partial charge is 0.378 e. The van der Waals surface area contributed by atoms with Crippen molar-refractivity contribution in [1.29, 1.82) is 0 Å². The molecule has 0 spiro atoms. The molecule has 8 heteroatoms. The summed E-state index contributed by atoms with van der Waals surface area (Å²) in [6, 6.07) is 18.1. The minimum Gasteiger partial charge on any atom is -0.378 e. The van der Waals surface area contributed by atoms with E-state index < -0.39 is 0 Å². The minimum atomic E-state index is -0.0418. The number of nitrogens with zero attached hydrogens (tertiary/aromatic N) is 5. The molecule has 7 nitrogen and oxygen atoms in total. The van der Waals surface area contributed by atoms with Crippen LogP contribution in [0.2, 0.25) is 0 Å². The van der Waals surface area contributed by atoms with Gasteiger partial charge in [-0.3, -0.25) is 4.79 Å². The Labute approximate surface area is 185 Å². The third-order valence-corrected chi connectivity index (χ3v) is 6.30. The van der Waals surface area contributed by atoms with Gasteiger partial charge in [-0.15, -0.1) is 0 Å². The van der Waals surface area contributed by atoms with Gasteiger partial charge in [-0.1, -0.05) is 41.7 Å². The van der Waals surface area contributed by atoms with Gasteiger partial charge in [0.25, 0.3) is 0 Å². The van der Waals surface area contributed by atoms with E-state index in [1.165, 1.54) is 0 Å². The summed E-state index contributed by atoms with van der Waals surface area (Å²) in [6.07, 6.45) is 0. The van der Waals surface area contributed by atoms with Crippen LogP contribution in [-0.4, -0.2) is 48.4 Å². The summed E-state index contributed by atoms with van der Waals surface area (Å²) in [5.41, 5.74) is 4.92. The SMILES string of the molecule is Cc1nn(-c2ccccc2)c2nc(N(C)CC(=O)NCc3ccc(N(C)C)cc3)sc12. The van der Waals surface area contributed by atoms with Gasteiger partial charge in [0.2, 0.25) is 5.91 Å². The van der Waals surface area contributed by atoms with Crippen LogP contribution in [-0.2, 0) is 11.3 Å². The van der Waals surface area contributed by atoms with Crippen molar-refractivity contribution < 1.29 is 4.79 Å². The number of rotatable bonds is 7. The summed E-state index contributed by atoms with van der Waals surface area (Å²) in [5, 5.41) is 8.41. The van der Waals surface area contributed by atoms with Crippen molar-refractivity contribution in [2.45, 2.75) is 13.5 Å². The second-order valence-electron chi connectivity index (χ2n) is 7.68. The lowest BCUT2D eigenvalue weighted by Gasteiger charge is -2.16. The Balaban J connectivity index is 1.42. The zero-order valence-electron chi connectivity index (χ0n) is 18.2. The van der Waals surface area contributed by atoms with Crippen LogP contribution in [0, 0.1) is 6.92 Å². The zero-order valence-corrected chi connectivity index (χ0v) is 19.0. The van der Waals surface area contributed by atoms with E-state index in [4.69, 9.17) is 4.98 Å². The van der Waals surface area contributed by atoms with Crippen molar-refractivity contribution in [3.63, 3.8) is 0 Å². The number of benzene rings is 2. The highest BCUT2D eigenvalue weighted by Crippen LogP contribution is 2.31. The number of para-hydroxylation sites is 1. The number of likely N-dealkylation sites (N-methyl/N-ethyl adjacent to an activating group) is 1. The predicted octanol–water partition coefficient (Wildman–Crippen LogP) is 3.61. The van der Waals surface area contributed by atoms with Gasteiger partial charge in [-0.05, 0) is 36.8 Å². The zero-order chi connectivity index (χ0) is 22.0. The number of carbonyl (C=O) groups is 1. The molecule has 0 aliphatic heterocycles. The first-order valence-electron chi connectivity index (χ1n) is 10.1. The number of aromatic nitrogens is 3. The van der Waals surface area contributed by atoms with Gasteiger partial charge in [-0.25, -0.2) is 4.68 Å². The average molecular weight is 435 g/mol. The van der Waals surface area contributed by atoms with E-state index in [1.54, 1.807) is 11.3 Å². The van der Waals surface area contributed by atoms with Crippen LogP contribution in [0.15, 0.2) is 54.6 Å². The van der Waals surface area contributed by atoms with Gasteiger partial charge in [-0.2, -0.15) is 10.1 Å². The fourth-order valence-corrected chi connectivity index (χ4v) is 4.23. The van der Waals surface area contributed by atoms with E-state index in [0.29, 0.717) is 6.54 Å². The van der Waals surface area contributed by atoms with Crippen molar-refractivity contribution in [3.8, 4) is 5.69 Å². The number of thiazole rings is 1. The molecule has 0 saturated carbocycles. The van der Waals surface area contributed by atoms with Crippen LogP contribution < -0.4 is 15.1 Å². The lowest BCUT2D eigenvalue weighted by Crippen LogP contribution is -2.34. The average Bonchev–Trinajstić information content (AvgIpc) is 3.34. The molecule has 1 amide bonds. The molecule has 2 heterocycles. The Morgan fingerprint density at radius 2 is 1.77 bits per heavy atom. The molecule has 4 rings (SSSR count). The summed E-state index contributed by atoms with van der Waals surface area (Å²) in [7, 11) is 5.90. The molecule has 2 aromatic heterocycles. The summed E-state index contributed by atoms with van der Waals surface area (Å²) >= 11 is 1.56. The van der Waals surface area contributed by atoms with Gasteiger partial charge in [0.05, 0.1) is 22.6 Å². The number of nitrogens with one attached hydrogen (secondary N) is 1. The Morgan fingerprint density at radius 3 is 2.45 bits per heavy atom. The second-order valence-corrected chi connectivity index (χ2v) is 8.65. The number of hydrogen-bond acceptors (Lipinski definition) is 6. The predicted molar refractivity (Wildman–Crippen MR) is 127 cm³/mol. The van der Waals surface area contributed by atoms with Crippen LogP contribution >= 0.6 is 11.3 Å². The van der Waals surface area contributed by atoms with Crippen LogP contribution in [0.5, 0.6) is 0 Å². The summed E-state index contributed by atoms with van der Waals surface area (Å²) < 4.78 is 2.89. The number of aryl methyl sites for hydroxylation is 1. The molecular formula is C23H26N6OS. The standard InChI is InChI=1S/C23H26N6OS/c1-16-21-22(29(26-16)19-8-6-5-7-9-19)25-23(31-21)28(4)15-20(30)24-14-17-10-12-18(13-11-17)27(2)3/h5-13H,14-15H2,1-4H3,(H,24,30). The number of hydrogen-bond donors (Lipinski definition) is 1. The Bertz CT molecular complexity index is 1180. The summed E-state index contributed by atoms with van der Waals surface area (Å²) in [6.45, 7) is 2.73. The van der Waals surface area contributed by atoms with E-state index >= 15 is 0 Å². The van der Waals surface area contributed by atoms with E-state index in [-0.39, 0.29) is 12.5 Å². The Kier molecular flexibility index (Phi) is 5.90. The highest BCUT2D eigenvalue weighted by molar-refractivity contribution is 7.22. The lowest BCUT2D eigenvalue weighted by atomic mass is 10.2. The third kappa shape index (κ3) is 4.54. The minimum absolute atomic E-state index is 0.0418. The number of amides is 1. The topological polar surface area (TPSA) is 66.3 Å². The number of fused-ring (bicyclic) bond motifs is 1. The monoisotopic (exact) mass is 434 g/mol. The fraction of sp³-hybridized carbons (Fsp3) is 0.261. The Hall–Kier alpha value is -3.39. The molecule has 0 saturated heterocycles. The normalized spacial score (nSPS) is 11.0. The quantitative estimate of drug-likeness (QED) is 0.481. The Morgan fingerprint density at radius 1 is 1.06 bits per heavy atom. The number of anilines is 2. The van der Waals surface area contributed by atoms with E-state index in [2.05, 4.69) is 10.4 Å². The first kappa shape index (κ1) is 20.9. The fourth-order valence-electron chi connectivity index (χ4n) is 3.29. The summed E-state index contributed by atoms with van der Waals surface area (Å²) in [4.78, 5) is 21.2. The molecule has 0 aliphatic carbocycles. The molecule has 0 unspecified atom stereocenters. The van der Waals surface area contributed by atoms with Crippen molar-refractivity contribution in [2.75, 3.05) is 37.5 Å². The molecule has 31 heavy (non-hydrogen) atoms. The van der Waals surface area contributed by atoms with Crippen LogP contribution in [0.25, 0.3) is 16.0 Å². The molecule has 1 N–H and O–H groups in total. The van der Waals surface area contributed by atoms with Gasteiger partial charge in [0, 0.05) is 33.4 Å². The van der Waals surface area contributed by atoms with Crippen molar-refractivity contribution in [1.82, 2.24) is 20.1 Å². The van der Waals surface area contributed by atoms with Gasteiger partial charge in [0.15, 0.2) is 10.8 Å². The van der Waals surface area contributed by atoms with Gasteiger partial charge >= 0.3 is 0 Å². The third-order valence-electron chi connectivity index (χ3n) is 5.03. The smallest absolute Gasteiger partial charge is 0.239 e. The maximum Gasteiger partial charge on any atom is 0.239 e. The second kappa shape index (κ2) is 8.77. The number of carbonyl (C=O) groups excluding carboxylic acids is 1. The molecule has 0 radical (unpaired) electrons. The van der Waals surface area contributed by atoms with E-state index in [1.807, 2.05) is 97.1 Å². The van der Waals surface area contributed by atoms with Gasteiger partial charge < -0.3 is 15.1 Å². The highest BCUT2D eigenvalue weighted by atomic mass is 32.1. The summed E-state index contributed by atoms with van der Waals surface area (Å²) in [5.74, 6) is -0.0418. The first-order valence-corrected chi connectivity index (χ1v) is 10.9. The highest BCUT2D eigenvalue weighted by Gasteiger charge is 2.18. The maximum atomic E-state index is 12.5. The molecule has 0 atom stereocenters. The first-order chi connectivity index (χ1) is 14.9. The van der Waals surface area contributed by atoms with Crippen LogP contribution in [0.4, 0.5) is 10.8 Å². The lowest BCUT2D eigenvalue weighted by molar-refractivity contribution is -0.119. The maximum absolute atomic E-state index is 12.5. The van der Waals surface area contributed by atoms with Crippen LogP contribution in [0.3, 0.4) is 0 Å². The van der Waals surface area contributed by atoms with Crippen LogP contribution in [0.1, 0.15) is 11.3 Å². The molecule has 0 aliphatic rings. The molecular weight excluding hydrogens is 408 g/mol. The molecule has 0 bridgehead atoms. The van der Waals surface area contributed by atoms with E-state index in [0.717, 1.165) is 38.1 Å². The molecule has 4 aromatic rings. The van der Waals surface area contributed by atoms with Crippen molar-refractivity contribution >= 4 is 38.4 Å². The van der Waals surface area contributed by atoms with E-state index in [9.17, 15) is 4.79 Å². The van der Waals surface area contributed by atoms with Gasteiger partial charge in [0.1, 0.15) is 0 Å². The van der Waals surface area contributed by atoms with Crippen molar-refractivity contribution in [3.05, 3.63) is 65.9 Å². The molecule has 160 valence electrons.